The van der Waals surface area contributed by atoms with Crippen molar-refractivity contribution in [2.45, 2.75) is 0 Å². The first-order chi connectivity index (χ1) is 7.07. The number of hydrogen-bond acceptors (Lipinski definition) is 3. The minimum Gasteiger partial charge on any atom is -0.377 e. The van der Waals surface area contributed by atoms with E-state index in [2.05, 4.69) is 0 Å². The van der Waals surface area contributed by atoms with Gasteiger partial charge in [0.25, 0.3) is 5.91 Å². The first-order valence-corrected chi connectivity index (χ1v) is 4.66. The Morgan fingerprint density at radius 1 is 1.20 bits per heavy atom. The number of rotatable bonds is 3. The van der Waals surface area contributed by atoms with Gasteiger partial charge in [0, 0.05) is 26.8 Å². The van der Waals surface area contributed by atoms with Gasteiger partial charge < -0.3 is 4.90 Å². The van der Waals surface area contributed by atoms with E-state index in [4.69, 9.17) is 4.84 Å². The maximum Gasteiger partial charge on any atom is 0.279 e. The molecular formula is C11H16N2O2. The van der Waals surface area contributed by atoms with Gasteiger partial charge in [-0.25, -0.2) is 5.06 Å². The standard InChI is InChI=1S/C11H16N2O2/c1-12(2)10-8-6-5-7-9(10)11(14)13(3)15-4/h5-8H,1-4H3. The predicted molar refractivity (Wildman–Crippen MR) is 59.9 cm³/mol. The Balaban J connectivity index is 3.08. The van der Waals surface area contributed by atoms with Crippen molar-refractivity contribution in [1.29, 1.82) is 0 Å². The Morgan fingerprint density at radius 2 is 1.80 bits per heavy atom. The molecule has 0 unspecified atom stereocenters. The summed E-state index contributed by atoms with van der Waals surface area (Å²) < 4.78 is 0. The minimum atomic E-state index is -0.151. The number of benzene rings is 1. The third kappa shape index (κ3) is 2.47. The monoisotopic (exact) mass is 208 g/mol. The highest BCUT2D eigenvalue weighted by Gasteiger charge is 2.15. The maximum atomic E-state index is 11.9. The summed E-state index contributed by atoms with van der Waals surface area (Å²) in [6.07, 6.45) is 0. The molecule has 4 heteroatoms. The molecule has 0 saturated carbocycles. The van der Waals surface area contributed by atoms with Gasteiger partial charge in [0.2, 0.25) is 0 Å². The second-order valence-electron chi connectivity index (χ2n) is 3.40. The Morgan fingerprint density at radius 3 is 2.33 bits per heavy atom. The van der Waals surface area contributed by atoms with E-state index in [1.807, 2.05) is 37.2 Å². The van der Waals surface area contributed by atoms with Crippen molar-refractivity contribution in [2.24, 2.45) is 0 Å². The van der Waals surface area contributed by atoms with Gasteiger partial charge in [0.1, 0.15) is 0 Å². The molecule has 1 aromatic rings. The number of carbonyl (C=O) groups excluding carboxylic acids is 1. The molecule has 0 fully saturated rings. The fourth-order valence-electron chi connectivity index (χ4n) is 1.30. The van der Waals surface area contributed by atoms with Gasteiger partial charge in [0.05, 0.1) is 12.7 Å². The molecule has 0 aromatic heterocycles. The van der Waals surface area contributed by atoms with Crippen LogP contribution < -0.4 is 4.90 Å². The van der Waals surface area contributed by atoms with Crippen molar-refractivity contribution < 1.29 is 9.63 Å². The summed E-state index contributed by atoms with van der Waals surface area (Å²) in [5, 5.41) is 1.21. The Labute approximate surface area is 90.0 Å². The van der Waals surface area contributed by atoms with Crippen LogP contribution in [0.15, 0.2) is 24.3 Å². The van der Waals surface area contributed by atoms with E-state index >= 15 is 0 Å². The number of para-hydroxylation sites is 1. The lowest BCUT2D eigenvalue weighted by Crippen LogP contribution is -2.27. The van der Waals surface area contributed by atoms with Crippen LogP contribution in [-0.2, 0) is 4.84 Å². The van der Waals surface area contributed by atoms with Crippen LogP contribution >= 0.6 is 0 Å². The van der Waals surface area contributed by atoms with E-state index in [0.717, 1.165) is 5.69 Å². The number of carbonyl (C=O) groups is 1. The van der Waals surface area contributed by atoms with Crippen LogP contribution in [-0.4, -0.2) is 39.2 Å². The van der Waals surface area contributed by atoms with Gasteiger partial charge in [-0.05, 0) is 12.1 Å². The van der Waals surface area contributed by atoms with Crippen molar-refractivity contribution >= 4 is 11.6 Å². The first-order valence-electron chi connectivity index (χ1n) is 4.66. The summed E-state index contributed by atoms with van der Waals surface area (Å²) in [6, 6.07) is 7.42. The zero-order chi connectivity index (χ0) is 11.4. The smallest absolute Gasteiger partial charge is 0.279 e. The number of amides is 1. The largest absolute Gasteiger partial charge is 0.377 e. The zero-order valence-corrected chi connectivity index (χ0v) is 9.52. The number of anilines is 1. The van der Waals surface area contributed by atoms with Gasteiger partial charge in [-0.15, -0.1) is 0 Å². The molecule has 0 radical (unpaired) electrons. The van der Waals surface area contributed by atoms with Gasteiger partial charge in [-0.3, -0.25) is 9.63 Å². The highest BCUT2D eigenvalue weighted by atomic mass is 16.7. The average Bonchev–Trinajstić information content (AvgIpc) is 2.27. The topological polar surface area (TPSA) is 32.8 Å². The summed E-state index contributed by atoms with van der Waals surface area (Å²) in [6.45, 7) is 0. The molecule has 0 aliphatic rings. The van der Waals surface area contributed by atoms with Crippen LogP contribution in [0.3, 0.4) is 0 Å². The van der Waals surface area contributed by atoms with Crippen molar-refractivity contribution in [3.63, 3.8) is 0 Å². The fraction of sp³-hybridized carbons (Fsp3) is 0.364. The summed E-state index contributed by atoms with van der Waals surface area (Å²) in [5.41, 5.74) is 1.51. The number of hydrogen-bond donors (Lipinski definition) is 0. The van der Waals surface area contributed by atoms with Crippen LogP contribution in [0.4, 0.5) is 5.69 Å². The molecule has 82 valence electrons. The first kappa shape index (κ1) is 11.5. The quantitative estimate of drug-likeness (QED) is 0.704. The molecule has 15 heavy (non-hydrogen) atoms. The van der Waals surface area contributed by atoms with Crippen molar-refractivity contribution in [3.05, 3.63) is 29.8 Å². The summed E-state index contributed by atoms with van der Waals surface area (Å²) in [7, 11) is 6.86. The van der Waals surface area contributed by atoms with Crippen LogP contribution in [0.25, 0.3) is 0 Å². The van der Waals surface area contributed by atoms with Gasteiger partial charge in [-0.2, -0.15) is 0 Å². The summed E-state index contributed by atoms with van der Waals surface area (Å²) in [5.74, 6) is -0.151. The lowest BCUT2D eigenvalue weighted by molar-refractivity contribution is -0.0756. The number of hydroxylamine groups is 2. The lowest BCUT2D eigenvalue weighted by atomic mass is 10.1. The van der Waals surface area contributed by atoms with Crippen LogP contribution in [0.2, 0.25) is 0 Å². The fourth-order valence-corrected chi connectivity index (χ4v) is 1.30. The van der Waals surface area contributed by atoms with E-state index in [1.54, 1.807) is 13.1 Å². The SMILES string of the molecule is CON(C)C(=O)c1ccccc1N(C)C. The average molecular weight is 208 g/mol. The van der Waals surface area contributed by atoms with Crippen molar-refractivity contribution in [1.82, 2.24) is 5.06 Å². The second-order valence-corrected chi connectivity index (χ2v) is 3.40. The molecule has 0 atom stereocenters. The van der Waals surface area contributed by atoms with Gasteiger partial charge in [-0.1, -0.05) is 12.1 Å². The molecular weight excluding hydrogens is 192 g/mol. The molecule has 4 nitrogen and oxygen atoms in total. The van der Waals surface area contributed by atoms with Crippen LogP contribution in [0.1, 0.15) is 10.4 Å². The molecule has 0 aliphatic heterocycles. The van der Waals surface area contributed by atoms with Crippen LogP contribution in [0.5, 0.6) is 0 Å². The maximum absolute atomic E-state index is 11.9. The number of nitrogens with zero attached hydrogens (tertiary/aromatic N) is 2. The third-order valence-electron chi connectivity index (χ3n) is 2.18. The molecule has 0 saturated heterocycles. The molecule has 0 bridgehead atoms. The Kier molecular flexibility index (Phi) is 3.68. The second kappa shape index (κ2) is 4.79. The Bertz CT molecular complexity index is 350. The van der Waals surface area contributed by atoms with Crippen molar-refractivity contribution in [3.8, 4) is 0 Å². The van der Waals surface area contributed by atoms with E-state index < -0.39 is 0 Å². The predicted octanol–water partition coefficient (Wildman–Crippen LogP) is 1.39. The minimum absolute atomic E-state index is 0.151. The normalized spacial score (nSPS) is 9.87. The lowest BCUT2D eigenvalue weighted by Gasteiger charge is -2.19. The molecule has 1 aromatic carbocycles. The third-order valence-corrected chi connectivity index (χ3v) is 2.18. The van der Waals surface area contributed by atoms with Gasteiger partial charge in [0.15, 0.2) is 0 Å². The van der Waals surface area contributed by atoms with Crippen molar-refractivity contribution in [2.75, 3.05) is 33.2 Å². The highest BCUT2D eigenvalue weighted by Crippen LogP contribution is 2.19. The van der Waals surface area contributed by atoms with E-state index in [0.29, 0.717) is 5.56 Å². The molecule has 0 aliphatic carbocycles. The molecule has 0 N–H and O–H groups in total. The highest BCUT2D eigenvalue weighted by molar-refractivity contribution is 5.99. The summed E-state index contributed by atoms with van der Waals surface area (Å²) in [4.78, 5) is 18.6. The van der Waals surface area contributed by atoms with E-state index in [-0.39, 0.29) is 5.91 Å². The molecule has 1 rings (SSSR count). The Hall–Kier alpha value is -1.55. The van der Waals surface area contributed by atoms with E-state index in [1.165, 1.54) is 12.2 Å². The summed E-state index contributed by atoms with van der Waals surface area (Å²) >= 11 is 0. The molecule has 0 spiro atoms. The zero-order valence-electron chi connectivity index (χ0n) is 9.52. The van der Waals surface area contributed by atoms with E-state index in [9.17, 15) is 4.79 Å². The van der Waals surface area contributed by atoms with Crippen LogP contribution in [0, 0.1) is 0 Å². The molecule has 1 amide bonds. The molecule has 0 heterocycles. The van der Waals surface area contributed by atoms with Gasteiger partial charge >= 0.3 is 0 Å².